The number of aromatic nitrogens is 1. The second-order valence-corrected chi connectivity index (χ2v) is 6.06. The van der Waals surface area contributed by atoms with Crippen LogP contribution in [0.4, 0.5) is 10.5 Å². The fraction of sp³-hybridized carbons (Fsp3) is 0.111. The first-order valence-electron chi connectivity index (χ1n) is 7.11. The molecule has 0 radical (unpaired) electrons. The first-order valence-corrected chi connectivity index (χ1v) is 7.93. The predicted molar refractivity (Wildman–Crippen MR) is 94.4 cm³/mol. The summed E-state index contributed by atoms with van der Waals surface area (Å²) in [7, 11) is 0. The van der Waals surface area contributed by atoms with Crippen molar-refractivity contribution in [2.24, 2.45) is 4.99 Å². The number of urea groups is 1. The summed E-state index contributed by atoms with van der Waals surface area (Å²) in [5, 5.41) is 2.75. The van der Waals surface area contributed by atoms with Gasteiger partial charge in [0.2, 0.25) is 0 Å². The van der Waals surface area contributed by atoms with Gasteiger partial charge in [-0.1, -0.05) is 41.5 Å². The summed E-state index contributed by atoms with van der Waals surface area (Å²) in [6.45, 7) is 2.41. The maximum Gasteiger partial charge on any atom is 0.348 e. The van der Waals surface area contributed by atoms with E-state index in [9.17, 15) is 4.79 Å². The fourth-order valence-corrected chi connectivity index (χ4v) is 3.40. The molecule has 0 atom stereocenters. The van der Waals surface area contributed by atoms with Crippen molar-refractivity contribution in [3.63, 3.8) is 0 Å². The zero-order valence-corrected chi connectivity index (χ0v) is 13.4. The number of carbonyl (C=O) groups excluding carboxylic acids is 1. The van der Waals surface area contributed by atoms with Crippen LogP contribution in [-0.2, 0) is 6.54 Å². The minimum atomic E-state index is -0.412. The third-order valence-corrected chi connectivity index (χ3v) is 4.35. The number of para-hydroxylation sites is 1. The van der Waals surface area contributed by atoms with Crippen LogP contribution in [0.5, 0.6) is 0 Å². The average Bonchev–Trinajstić information content (AvgIpc) is 2.85. The number of rotatable bonds is 2. The third kappa shape index (κ3) is 3.33. The molecule has 0 bridgehead atoms. The summed E-state index contributed by atoms with van der Waals surface area (Å²) in [6, 6.07) is 14.9. The summed E-state index contributed by atoms with van der Waals surface area (Å²) in [5.41, 5.74) is 2.86. The number of anilines is 1. The van der Waals surface area contributed by atoms with E-state index in [0.29, 0.717) is 17.0 Å². The third-order valence-electron chi connectivity index (χ3n) is 3.31. The lowest BCUT2D eigenvalue weighted by Gasteiger charge is -2.01. The lowest BCUT2D eigenvalue weighted by molar-refractivity contribution is 0.259. The molecule has 0 unspecified atom stereocenters. The summed E-state index contributed by atoms with van der Waals surface area (Å²) in [5.74, 6) is 2.62. The Balaban J connectivity index is 2.02. The molecule has 0 aliphatic heterocycles. The largest absolute Gasteiger partial charge is 0.348 e. The highest BCUT2D eigenvalue weighted by atomic mass is 32.1. The molecule has 0 saturated heterocycles. The van der Waals surface area contributed by atoms with Gasteiger partial charge < -0.3 is 9.88 Å². The number of nitrogens with one attached hydrogen (secondary N) is 1. The van der Waals surface area contributed by atoms with E-state index in [1.807, 2.05) is 54.0 Å². The summed E-state index contributed by atoms with van der Waals surface area (Å²) in [6.07, 6.45) is 5.46. The molecular formula is C18H15N3OS. The van der Waals surface area contributed by atoms with Crippen molar-refractivity contribution in [3.8, 4) is 12.3 Å². The number of hydrogen-bond donors (Lipinski definition) is 1. The summed E-state index contributed by atoms with van der Waals surface area (Å²) in [4.78, 5) is 16.9. The zero-order valence-electron chi connectivity index (χ0n) is 12.6. The van der Waals surface area contributed by atoms with Crippen molar-refractivity contribution < 1.29 is 4.79 Å². The lowest BCUT2D eigenvalue weighted by Crippen LogP contribution is -2.18. The molecule has 4 nitrogen and oxygen atoms in total. The first kappa shape index (κ1) is 15.1. The first-order chi connectivity index (χ1) is 11.2. The Bertz CT molecular complexity index is 961. The van der Waals surface area contributed by atoms with Crippen molar-refractivity contribution in [1.29, 1.82) is 0 Å². The standard InChI is InChI=1S/C18H15N3OS/c1-3-11-21-15-10-9-13(2)12-16(15)23-18(21)20-17(22)19-14-7-5-4-6-8-14/h1,4-10,12H,11H2,2H3,(H,19,22). The Hall–Kier alpha value is -2.84. The minimum Gasteiger partial charge on any atom is -0.306 e. The maximum atomic E-state index is 12.1. The number of carbonyl (C=O) groups is 1. The van der Waals surface area contributed by atoms with E-state index in [1.54, 1.807) is 0 Å². The SMILES string of the molecule is C#CCn1c(=NC(=O)Nc2ccccc2)sc2cc(C)ccc21. The molecule has 3 rings (SSSR count). The second kappa shape index (κ2) is 6.51. The molecule has 0 aliphatic rings. The number of hydrogen-bond acceptors (Lipinski definition) is 2. The van der Waals surface area contributed by atoms with Gasteiger partial charge in [0, 0.05) is 5.69 Å². The monoisotopic (exact) mass is 321 g/mol. The van der Waals surface area contributed by atoms with Crippen LogP contribution in [0.1, 0.15) is 5.56 Å². The highest BCUT2D eigenvalue weighted by Gasteiger charge is 2.07. The number of amides is 2. The van der Waals surface area contributed by atoms with Gasteiger partial charge in [-0.25, -0.2) is 4.79 Å². The van der Waals surface area contributed by atoms with Crippen LogP contribution in [0.25, 0.3) is 10.2 Å². The molecule has 0 fully saturated rings. The molecule has 1 heterocycles. The molecule has 114 valence electrons. The second-order valence-electron chi connectivity index (χ2n) is 5.05. The minimum absolute atomic E-state index is 0.376. The Morgan fingerprint density at radius 2 is 2.09 bits per heavy atom. The number of thiazole rings is 1. The van der Waals surface area contributed by atoms with Crippen LogP contribution in [0.15, 0.2) is 53.5 Å². The molecule has 1 N–H and O–H groups in total. The van der Waals surface area contributed by atoms with E-state index >= 15 is 0 Å². The topological polar surface area (TPSA) is 46.4 Å². The molecule has 1 aromatic heterocycles. The Morgan fingerprint density at radius 3 is 2.83 bits per heavy atom. The van der Waals surface area contributed by atoms with E-state index in [2.05, 4.69) is 22.3 Å². The summed E-state index contributed by atoms with van der Waals surface area (Å²) >= 11 is 1.46. The van der Waals surface area contributed by atoms with E-state index in [-0.39, 0.29) is 0 Å². The quantitative estimate of drug-likeness (QED) is 0.717. The van der Waals surface area contributed by atoms with Gasteiger partial charge in [0.05, 0.1) is 16.8 Å². The Labute approximate surface area is 138 Å². The van der Waals surface area contributed by atoms with Crippen molar-refractivity contribution in [1.82, 2.24) is 4.57 Å². The van der Waals surface area contributed by atoms with Crippen LogP contribution in [0.3, 0.4) is 0 Å². The van der Waals surface area contributed by atoms with Crippen LogP contribution in [-0.4, -0.2) is 10.6 Å². The van der Waals surface area contributed by atoms with Gasteiger partial charge in [-0.15, -0.1) is 6.42 Å². The number of terminal acetylenes is 1. The molecule has 3 aromatic rings. The average molecular weight is 321 g/mol. The highest BCUT2D eigenvalue weighted by Crippen LogP contribution is 2.18. The highest BCUT2D eigenvalue weighted by molar-refractivity contribution is 7.16. The molecular weight excluding hydrogens is 306 g/mol. The van der Waals surface area contributed by atoms with E-state index in [1.165, 1.54) is 11.3 Å². The van der Waals surface area contributed by atoms with Crippen molar-refractivity contribution in [2.45, 2.75) is 13.5 Å². The van der Waals surface area contributed by atoms with Crippen molar-refractivity contribution in [2.75, 3.05) is 5.32 Å². The Morgan fingerprint density at radius 1 is 1.30 bits per heavy atom. The van der Waals surface area contributed by atoms with Crippen LogP contribution in [0, 0.1) is 19.3 Å². The summed E-state index contributed by atoms with van der Waals surface area (Å²) < 4.78 is 2.94. The van der Waals surface area contributed by atoms with Crippen molar-refractivity contribution >= 4 is 33.3 Å². The molecule has 0 aliphatic carbocycles. The van der Waals surface area contributed by atoms with Crippen LogP contribution < -0.4 is 10.1 Å². The molecule has 0 spiro atoms. The number of benzene rings is 2. The van der Waals surface area contributed by atoms with Crippen LogP contribution >= 0.6 is 11.3 Å². The van der Waals surface area contributed by atoms with E-state index in [4.69, 9.17) is 6.42 Å². The van der Waals surface area contributed by atoms with Crippen LogP contribution in [0.2, 0.25) is 0 Å². The van der Waals surface area contributed by atoms with Gasteiger partial charge in [-0.2, -0.15) is 4.99 Å². The van der Waals surface area contributed by atoms with Gasteiger partial charge in [-0.05, 0) is 36.8 Å². The number of nitrogens with zero attached hydrogens (tertiary/aromatic N) is 2. The normalized spacial score (nSPS) is 11.4. The molecule has 0 saturated carbocycles. The predicted octanol–water partition coefficient (Wildman–Crippen LogP) is 3.78. The van der Waals surface area contributed by atoms with E-state index in [0.717, 1.165) is 15.8 Å². The number of fused-ring (bicyclic) bond motifs is 1. The zero-order chi connectivity index (χ0) is 16.2. The van der Waals surface area contributed by atoms with Gasteiger partial charge in [-0.3, -0.25) is 0 Å². The molecule has 2 amide bonds. The number of aryl methyl sites for hydroxylation is 1. The lowest BCUT2D eigenvalue weighted by atomic mass is 10.2. The van der Waals surface area contributed by atoms with Gasteiger partial charge in [0.1, 0.15) is 0 Å². The smallest absolute Gasteiger partial charge is 0.306 e. The van der Waals surface area contributed by atoms with E-state index < -0.39 is 6.03 Å². The van der Waals surface area contributed by atoms with Gasteiger partial charge in [0.25, 0.3) is 0 Å². The molecule has 5 heteroatoms. The van der Waals surface area contributed by atoms with Crippen molar-refractivity contribution in [3.05, 3.63) is 58.9 Å². The molecule has 2 aromatic carbocycles. The fourth-order valence-electron chi connectivity index (χ4n) is 2.27. The van der Waals surface area contributed by atoms with Gasteiger partial charge in [0.15, 0.2) is 4.80 Å². The molecule has 23 heavy (non-hydrogen) atoms. The Kier molecular flexibility index (Phi) is 4.26. The van der Waals surface area contributed by atoms with Gasteiger partial charge >= 0.3 is 6.03 Å². The maximum absolute atomic E-state index is 12.1.